The summed E-state index contributed by atoms with van der Waals surface area (Å²) >= 11 is 1.73. The third kappa shape index (κ3) is 3.40. The summed E-state index contributed by atoms with van der Waals surface area (Å²) in [4.78, 5) is 21.8. The van der Waals surface area contributed by atoms with Gasteiger partial charge in [0.05, 0.1) is 18.8 Å². The monoisotopic (exact) mass is 362 g/mol. The molecule has 0 aliphatic carbocycles. The van der Waals surface area contributed by atoms with Crippen LogP contribution in [-0.4, -0.2) is 67.6 Å². The van der Waals surface area contributed by atoms with Crippen molar-refractivity contribution in [2.24, 2.45) is 16.8 Å². The molecule has 25 heavy (non-hydrogen) atoms. The number of likely N-dealkylation sites (tertiary alicyclic amines) is 1. The summed E-state index contributed by atoms with van der Waals surface area (Å²) in [7, 11) is 3.54. The zero-order valence-corrected chi connectivity index (χ0v) is 15.7. The molecular weight excluding hydrogens is 336 g/mol. The van der Waals surface area contributed by atoms with E-state index in [2.05, 4.69) is 32.7 Å². The fourth-order valence-corrected chi connectivity index (χ4v) is 4.91. The minimum absolute atomic E-state index is 0.0261. The van der Waals surface area contributed by atoms with Crippen molar-refractivity contribution in [2.75, 3.05) is 33.7 Å². The molecule has 1 amide bonds. The number of likely N-dealkylation sites (N-methyl/N-ethyl adjacent to an activating group) is 1. The van der Waals surface area contributed by atoms with Crippen LogP contribution in [0.15, 0.2) is 22.5 Å². The van der Waals surface area contributed by atoms with Crippen LogP contribution >= 0.6 is 11.3 Å². The van der Waals surface area contributed by atoms with Crippen molar-refractivity contribution in [2.45, 2.75) is 31.6 Å². The first-order chi connectivity index (χ1) is 12.1. The minimum atomic E-state index is 0.0261. The van der Waals surface area contributed by atoms with Gasteiger partial charge in [-0.2, -0.15) is 0 Å². The number of carbonyl (C=O) groups is 1. The van der Waals surface area contributed by atoms with Crippen molar-refractivity contribution in [3.63, 3.8) is 0 Å². The Morgan fingerprint density at radius 2 is 2.08 bits per heavy atom. The quantitative estimate of drug-likeness (QED) is 0.650. The van der Waals surface area contributed by atoms with E-state index in [1.165, 1.54) is 17.7 Å². The molecule has 4 heterocycles. The molecule has 6 nitrogen and oxygen atoms in total. The third-order valence-corrected chi connectivity index (χ3v) is 6.49. The molecule has 0 radical (unpaired) electrons. The summed E-state index contributed by atoms with van der Waals surface area (Å²) in [5.41, 5.74) is 0. The Hall–Kier alpha value is -1.60. The van der Waals surface area contributed by atoms with Gasteiger partial charge < -0.3 is 19.9 Å². The number of hydrogen-bond acceptors (Lipinski definition) is 4. The van der Waals surface area contributed by atoms with Crippen LogP contribution in [0.3, 0.4) is 0 Å². The van der Waals surface area contributed by atoms with Crippen molar-refractivity contribution in [3.05, 3.63) is 22.4 Å². The van der Waals surface area contributed by atoms with E-state index in [9.17, 15) is 4.79 Å². The molecule has 0 aromatic carbocycles. The lowest BCUT2D eigenvalue weighted by molar-refractivity contribution is -0.127. The molecule has 136 valence electrons. The number of carbonyl (C=O) groups excluding carboxylic acids is 1. The van der Waals surface area contributed by atoms with Crippen LogP contribution in [-0.2, 0) is 16.1 Å². The Bertz CT molecular complexity index is 628. The van der Waals surface area contributed by atoms with Gasteiger partial charge in [-0.1, -0.05) is 6.07 Å². The predicted molar refractivity (Wildman–Crippen MR) is 98.6 cm³/mol. The Balaban J connectivity index is 1.45. The van der Waals surface area contributed by atoms with Crippen molar-refractivity contribution >= 4 is 23.2 Å². The molecule has 1 N–H and O–H groups in total. The number of ether oxygens (including phenoxy) is 1. The number of nitrogens with one attached hydrogen (secondary N) is 1. The first-order valence-corrected chi connectivity index (χ1v) is 9.91. The van der Waals surface area contributed by atoms with Crippen LogP contribution in [0.1, 0.15) is 17.7 Å². The minimum Gasteiger partial charge on any atom is -0.374 e. The van der Waals surface area contributed by atoms with Crippen molar-refractivity contribution < 1.29 is 9.53 Å². The number of hydrogen-bond donors (Lipinski definition) is 1. The van der Waals surface area contributed by atoms with Gasteiger partial charge in [0.1, 0.15) is 6.54 Å². The SMILES string of the molecule is CN(C)C(=O)CN=C(NCc1cccs1)N1CC2C3CCC(O3)C2C1. The van der Waals surface area contributed by atoms with Crippen LogP contribution < -0.4 is 5.32 Å². The van der Waals surface area contributed by atoms with E-state index in [4.69, 9.17) is 4.74 Å². The van der Waals surface area contributed by atoms with Crippen LogP contribution in [0.25, 0.3) is 0 Å². The molecule has 4 rings (SSSR count). The van der Waals surface area contributed by atoms with E-state index in [1.54, 1.807) is 30.3 Å². The Morgan fingerprint density at radius 1 is 1.36 bits per heavy atom. The summed E-state index contributed by atoms with van der Waals surface area (Å²) < 4.78 is 6.07. The zero-order chi connectivity index (χ0) is 17.4. The van der Waals surface area contributed by atoms with Crippen molar-refractivity contribution in [1.82, 2.24) is 15.1 Å². The predicted octanol–water partition coefficient (Wildman–Crippen LogP) is 1.39. The number of rotatable bonds is 4. The molecule has 7 heteroatoms. The number of nitrogens with zero attached hydrogens (tertiary/aromatic N) is 3. The number of thiophene rings is 1. The second-order valence-corrected chi connectivity index (χ2v) is 8.42. The highest BCUT2D eigenvalue weighted by molar-refractivity contribution is 7.09. The average Bonchev–Trinajstić information content (AvgIpc) is 3.35. The molecule has 4 unspecified atom stereocenters. The largest absolute Gasteiger partial charge is 0.374 e. The van der Waals surface area contributed by atoms with E-state index in [0.717, 1.165) is 25.6 Å². The molecule has 0 spiro atoms. The average molecular weight is 362 g/mol. The van der Waals surface area contributed by atoms with Crippen molar-refractivity contribution in [3.8, 4) is 0 Å². The molecule has 1 aromatic heterocycles. The number of fused-ring (bicyclic) bond motifs is 5. The first-order valence-electron chi connectivity index (χ1n) is 9.03. The lowest BCUT2D eigenvalue weighted by Crippen LogP contribution is -2.41. The summed E-state index contributed by atoms with van der Waals surface area (Å²) in [6.07, 6.45) is 3.27. The molecule has 3 aliphatic heterocycles. The van der Waals surface area contributed by atoms with Crippen LogP contribution in [0.2, 0.25) is 0 Å². The van der Waals surface area contributed by atoms with Gasteiger partial charge in [-0.15, -0.1) is 11.3 Å². The molecule has 4 atom stereocenters. The second-order valence-electron chi connectivity index (χ2n) is 7.38. The van der Waals surface area contributed by atoms with E-state index < -0.39 is 0 Å². The van der Waals surface area contributed by atoms with Gasteiger partial charge in [-0.3, -0.25) is 4.79 Å². The van der Waals surface area contributed by atoms with E-state index >= 15 is 0 Å². The van der Waals surface area contributed by atoms with Gasteiger partial charge in [0.15, 0.2) is 5.96 Å². The topological polar surface area (TPSA) is 57.2 Å². The third-order valence-electron chi connectivity index (χ3n) is 5.62. The van der Waals surface area contributed by atoms with Crippen molar-refractivity contribution in [1.29, 1.82) is 0 Å². The molecular formula is C18H26N4O2S. The van der Waals surface area contributed by atoms with E-state index in [1.807, 2.05) is 0 Å². The fraction of sp³-hybridized carbons (Fsp3) is 0.667. The highest BCUT2D eigenvalue weighted by atomic mass is 32.1. The van der Waals surface area contributed by atoms with Crippen LogP contribution in [0, 0.1) is 11.8 Å². The summed E-state index contributed by atoms with van der Waals surface area (Å²) in [6, 6.07) is 4.18. The molecule has 3 aliphatic rings. The smallest absolute Gasteiger partial charge is 0.243 e. The van der Waals surface area contributed by atoms with Gasteiger partial charge in [0.2, 0.25) is 5.91 Å². The van der Waals surface area contributed by atoms with E-state index in [0.29, 0.717) is 24.0 Å². The number of aliphatic imine (C=N–C) groups is 1. The maximum absolute atomic E-state index is 12.0. The Kier molecular flexibility index (Phi) is 4.69. The highest BCUT2D eigenvalue weighted by Crippen LogP contribution is 2.47. The summed E-state index contributed by atoms with van der Waals surface area (Å²) in [6.45, 7) is 2.91. The number of amides is 1. The fourth-order valence-electron chi connectivity index (χ4n) is 4.26. The van der Waals surface area contributed by atoms with Gasteiger partial charge >= 0.3 is 0 Å². The highest BCUT2D eigenvalue weighted by Gasteiger charge is 2.53. The maximum atomic E-state index is 12.0. The molecule has 2 bridgehead atoms. The molecule has 3 saturated heterocycles. The molecule has 3 fully saturated rings. The van der Waals surface area contributed by atoms with Crippen LogP contribution in [0.5, 0.6) is 0 Å². The van der Waals surface area contributed by atoms with Crippen LogP contribution in [0.4, 0.5) is 0 Å². The number of guanidine groups is 1. The molecule has 0 saturated carbocycles. The normalized spacial score (nSPS) is 30.6. The lowest BCUT2D eigenvalue weighted by Gasteiger charge is -2.24. The second kappa shape index (κ2) is 6.96. The van der Waals surface area contributed by atoms with Gasteiger partial charge in [-0.25, -0.2) is 4.99 Å². The zero-order valence-electron chi connectivity index (χ0n) is 14.9. The van der Waals surface area contributed by atoms with Gasteiger partial charge in [0, 0.05) is 43.9 Å². The van der Waals surface area contributed by atoms with E-state index in [-0.39, 0.29) is 12.5 Å². The van der Waals surface area contributed by atoms with Gasteiger partial charge in [0.25, 0.3) is 0 Å². The summed E-state index contributed by atoms with van der Waals surface area (Å²) in [5, 5.41) is 5.55. The first kappa shape index (κ1) is 16.8. The maximum Gasteiger partial charge on any atom is 0.243 e. The van der Waals surface area contributed by atoms with Gasteiger partial charge in [-0.05, 0) is 24.3 Å². The lowest BCUT2D eigenvalue weighted by atomic mass is 9.82. The molecule has 1 aromatic rings. The standard InChI is InChI=1S/C18H26N4O2S/c1-21(2)17(23)9-20-18(19-8-12-4-3-7-25-12)22-10-13-14(11-22)16-6-5-15(13)24-16/h3-4,7,13-16H,5-6,8-11H2,1-2H3,(H,19,20). The Morgan fingerprint density at radius 3 is 2.68 bits per heavy atom. The Labute approximate surface area is 152 Å². The summed E-state index contributed by atoms with van der Waals surface area (Å²) in [5.74, 6) is 2.13.